The summed E-state index contributed by atoms with van der Waals surface area (Å²) >= 11 is 0. The van der Waals surface area contributed by atoms with Gasteiger partial charge in [-0.25, -0.2) is 0 Å². The molecule has 0 aromatic rings. The molecule has 0 aromatic heterocycles. The predicted octanol–water partition coefficient (Wildman–Crippen LogP) is -9.69. The van der Waals surface area contributed by atoms with Gasteiger partial charge in [-0.3, -0.25) is 0 Å². The summed E-state index contributed by atoms with van der Waals surface area (Å²) in [6.45, 7) is 0. The van der Waals surface area contributed by atoms with E-state index in [1.54, 1.807) is 0 Å². The molecule has 0 amide bonds. The first kappa shape index (κ1) is 22.7. The van der Waals surface area contributed by atoms with Crippen LogP contribution >= 0.6 is 0 Å². The summed E-state index contributed by atoms with van der Waals surface area (Å²) in [4.78, 5) is 0. The van der Waals surface area contributed by atoms with Crippen molar-refractivity contribution in [3.8, 4) is 0 Å². The van der Waals surface area contributed by atoms with E-state index in [1.807, 2.05) is 0 Å². The van der Waals surface area contributed by atoms with Gasteiger partial charge in [-0.15, -0.1) is 0 Å². The first-order chi connectivity index (χ1) is 1.73. The molecular weight excluding hydrogens is 157 g/mol. The van der Waals surface area contributed by atoms with Gasteiger partial charge in [0.2, 0.25) is 0 Å². The van der Waals surface area contributed by atoms with Crippen LogP contribution in [0.1, 0.15) is 0 Å². The van der Waals surface area contributed by atoms with Gasteiger partial charge in [-0.05, 0) is 0 Å². The first-order valence-electron chi connectivity index (χ1n) is 0.730. The molecule has 0 bridgehead atoms. The maximum Gasteiger partial charge on any atom is 2.00 e. The van der Waals surface area contributed by atoms with Crippen LogP contribution in [0.4, 0.5) is 0 Å². The minimum Gasteiger partial charge on any atom is -1.00 e. The van der Waals surface area contributed by atoms with Crippen molar-refractivity contribution in [3.63, 3.8) is 0 Å². The summed E-state index contributed by atoms with van der Waals surface area (Å²) < 4.78 is 0. The second-order valence-corrected chi connectivity index (χ2v) is 0.307. The average molecular weight is 158 g/mol. The van der Waals surface area contributed by atoms with Crippen LogP contribution in [0.5, 0.6) is 0 Å². The van der Waals surface area contributed by atoms with Gasteiger partial charge >= 0.3 is 67.3 Å². The fourth-order valence-corrected chi connectivity index (χ4v) is 0. The molecule has 0 radical (unpaired) electrons. The summed E-state index contributed by atoms with van der Waals surface area (Å²) in [5.41, 5.74) is 0. The Kier molecular flexibility index (Phi) is 51.2. The van der Waals surface area contributed by atoms with Crippen molar-refractivity contribution in [2.45, 2.75) is 0 Å². The minimum absolute atomic E-state index is 0. The van der Waals surface area contributed by atoms with Crippen LogP contribution in [-0.2, 0) is 0 Å². The molecule has 32 valence electrons. The van der Waals surface area contributed by atoms with Crippen molar-refractivity contribution in [2.24, 2.45) is 0 Å². The van der Waals surface area contributed by atoms with E-state index >= 15 is 0 Å². The normalized spacial score (nSPS) is 3.86. The first-order valence-corrected chi connectivity index (χ1v) is 0.730. The molecule has 0 heterocycles. The van der Waals surface area contributed by atoms with E-state index in [9.17, 15) is 0 Å². The molecule has 3 nitrogen and oxygen atoms in total. The Bertz CT molecular complexity index is 19.7. The Morgan fingerprint density at radius 2 is 1.29 bits per heavy atom. The molecule has 0 saturated carbocycles. The van der Waals surface area contributed by atoms with Crippen LogP contribution in [0.3, 0.4) is 0 Å². The molecule has 0 unspecified atom stereocenters. The largest absolute Gasteiger partial charge is 2.00 e. The topological polar surface area (TPSA) is 66.3 Å². The van der Waals surface area contributed by atoms with Gasteiger partial charge in [-0.2, -0.15) is 0 Å². The van der Waals surface area contributed by atoms with E-state index < -0.39 is 7.32 Å². The monoisotopic (exact) mass is 158 g/mol. The second-order valence-electron chi connectivity index (χ2n) is 0.307. The van der Waals surface area contributed by atoms with E-state index in [1.165, 1.54) is 0 Å². The Morgan fingerprint density at radius 1 is 1.29 bits per heavy atom. The molecule has 0 saturated heterocycles. The maximum absolute atomic E-state index is 8.53. The van der Waals surface area contributed by atoms with Crippen molar-refractivity contribution in [3.05, 3.63) is 0 Å². The van der Waals surface area contributed by atoms with Crippen LogP contribution in [0.2, 0.25) is 0 Å². The number of hydrogen-bond donors (Lipinski definition) is 1. The summed E-state index contributed by atoms with van der Waals surface area (Å²) in [6, 6.07) is 0. The Labute approximate surface area is 100 Å². The molecule has 7 heteroatoms. The second kappa shape index (κ2) is 15.8. The zero-order valence-electron chi connectivity index (χ0n) is 3.93. The Balaban J connectivity index is -0.0000000150. The van der Waals surface area contributed by atoms with E-state index in [2.05, 4.69) is 0 Å². The molecule has 0 rings (SSSR count). The van der Waals surface area contributed by atoms with E-state index in [-0.39, 0.29) is 79.7 Å². The van der Waals surface area contributed by atoms with Gasteiger partial charge in [0.05, 0.1) is 7.32 Å². The predicted molar refractivity (Wildman–Crippen MR) is 13.7 cm³/mol. The van der Waals surface area contributed by atoms with E-state index in [4.69, 9.17) is 15.1 Å². The molecular formula is HBCaClNaO3. The van der Waals surface area contributed by atoms with Crippen molar-refractivity contribution < 1.29 is 57.0 Å². The molecule has 1 N–H and O–H groups in total. The van der Waals surface area contributed by atoms with Crippen LogP contribution < -0.4 is 52.0 Å². The summed E-state index contributed by atoms with van der Waals surface area (Å²) in [5, 5.41) is 24.0. The van der Waals surface area contributed by atoms with Gasteiger partial charge in [0.15, 0.2) is 0 Å². The molecule has 0 spiro atoms. The Hall–Kier alpha value is 2.49. The van der Waals surface area contributed by atoms with Crippen LogP contribution in [-0.4, -0.2) is 50.1 Å². The summed E-state index contributed by atoms with van der Waals surface area (Å²) in [6.07, 6.45) is 0. The number of hydrogen-bond acceptors (Lipinski definition) is 3. The zero-order chi connectivity index (χ0) is 3.58. The third-order valence-corrected chi connectivity index (χ3v) is 0. The average Bonchev–Trinajstić information content (AvgIpc) is 0.811. The smallest absolute Gasteiger partial charge is 1.00 e. The standard InChI is InChI=1S/BHO3.Ca.ClH.Na/c2-1(3)4;;;/h2H;;1H;/q-2;+2;;+1/p-1. The van der Waals surface area contributed by atoms with Gasteiger partial charge in [0.1, 0.15) is 0 Å². The molecule has 0 aliphatic rings. The van der Waals surface area contributed by atoms with Crippen molar-refractivity contribution in [2.75, 3.05) is 0 Å². The fraction of sp³-hybridized carbons (Fsp3) is 0. The summed E-state index contributed by atoms with van der Waals surface area (Å²) in [5.74, 6) is 0. The maximum atomic E-state index is 8.53. The fourth-order valence-electron chi connectivity index (χ4n) is 0. The van der Waals surface area contributed by atoms with Crippen LogP contribution in [0.25, 0.3) is 0 Å². The quantitative estimate of drug-likeness (QED) is 0.356. The van der Waals surface area contributed by atoms with E-state index in [0.29, 0.717) is 0 Å². The molecule has 0 aromatic carbocycles. The van der Waals surface area contributed by atoms with Gasteiger partial charge in [-0.1, -0.05) is 0 Å². The summed E-state index contributed by atoms with van der Waals surface area (Å²) in [7, 11) is -2.67. The van der Waals surface area contributed by atoms with Gasteiger partial charge < -0.3 is 27.5 Å². The van der Waals surface area contributed by atoms with Crippen molar-refractivity contribution in [1.82, 2.24) is 0 Å². The molecule has 0 atom stereocenters. The zero-order valence-corrected chi connectivity index (χ0v) is 8.89. The SMILES string of the molecule is [Ca+2].[Cl-].[Na+].[O-]B([O-])O. The number of halogens is 1. The molecule has 0 aliphatic heterocycles. The van der Waals surface area contributed by atoms with Crippen LogP contribution in [0, 0.1) is 0 Å². The van der Waals surface area contributed by atoms with Gasteiger partial charge in [0, 0.05) is 0 Å². The molecule has 0 fully saturated rings. The molecule has 0 aliphatic carbocycles. The van der Waals surface area contributed by atoms with Crippen LogP contribution in [0.15, 0.2) is 0 Å². The van der Waals surface area contributed by atoms with Crippen molar-refractivity contribution in [1.29, 1.82) is 0 Å². The van der Waals surface area contributed by atoms with Crippen molar-refractivity contribution >= 4 is 45.1 Å². The number of rotatable bonds is 0. The van der Waals surface area contributed by atoms with E-state index in [0.717, 1.165) is 0 Å². The third kappa shape index (κ3) is 57.6. The minimum atomic E-state index is -2.67. The Morgan fingerprint density at radius 3 is 1.29 bits per heavy atom. The molecule has 7 heavy (non-hydrogen) atoms. The van der Waals surface area contributed by atoms with Gasteiger partial charge in [0.25, 0.3) is 0 Å². The third-order valence-electron chi connectivity index (χ3n) is 0.